The van der Waals surface area contributed by atoms with Crippen molar-refractivity contribution in [3.8, 4) is 0 Å². The molecule has 0 saturated carbocycles. The summed E-state index contributed by atoms with van der Waals surface area (Å²) in [6, 6.07) is 15.3. The number of hydrogen-bond acceptors (Lipinski definition) is 4. The van der Waals surface area contributed by atoms with E-state index in [4.69, 9.17) is 4.74 Å². The summed E-state index contributed by atoms with van der Waals surface area (Å²) in [5.74, 6) is -1.33. The maximum atomic E-state index is 12.4. The summed E-state index contributed by atoms with van der Waals surface area (Å²) in [7, 11) is 0. The highest BCUT2D eigenvalue weighted by Crippen LogP contribution is 2.17. The van der Waals surface area contributed by atoms with Crippen LogP contribution >= 0.6 is 0 Å². The predicted molar refractivity (Wildman–Crippen MR) is 113 cm³/mol. The third kappa shape index (κ3) is 7.41. The molecular weight excluding hydrogens is 368 g/mol. The molecule has 0 fully saturated rings. The van der Waals surface area contributed by atoms with E-state index in [2.05, 4.69) is 17.6 Å². The van der Waals surface area contributed by atoms with E-state index in [1.807, 2.05) is 13.0 Å². The molecule has 6 nitrogen and oxygen atoms in total. The predicted octanol–water partition coefficient (Wildman–Crippen LogP) is 4.18. The molecule has 2 amide bonds. The zero-order valence-electron chi connectivity index (χ0n) is 16.9. The first-order valence-corrected chi connectivity index (χ1v) is 9.93. The topological polar surface area (TPSA) is 84.5 Å². The quantitative estimate of drug-likeness (QED) is 0.466. The van der Waals surface area contributed by atoms with E-state index in [9.17, 15) is 14.4 Å². The number of carbonyl (C=O) groups is 3. The van der Waals surface area contributed by atoms with Crippen LogP contribution in [0.25, 0.3) is 0 Å². The van der Waals surface area contributed by atoms with Gasteiger partial charge in [0.1, 0.15) is 0 Å². The largest absolute Gasteiger partial charge is 0.452 e. The number of rotatable bonds is 10. The van der Waals surface area contributed by atoms with Crippen molar-refractivity contribution < 1.29 is 19.1 Å². The van der Waals surface area contributed by atoms with E-state index in [1.54, 1.807) is 48.5 Å². The lowest BCUT2D eigenvalue weighted by molar-refractivity contribution is -0.124. The minimum absolute atomic E-state index is 0.0326. The summed E-state index contributed by atoms with van der Waals surface area (Å²) in [5, 5.41) is 5.54. The van der Waals surface area contributed by atoms with Crippen molar-refractivity contribution in [2.45, 2.75) is 45.6 Å². The van der Waals surface area contributed by atoms with Crippen LogP contribution in [-0.2, 0) is 9.53 Å². The first-order chi connectivity index (χ1) is 14.0. The van der Waals surface area contributed by atoms with Crippen LogP contribution in [-0.4, -0.2) is 30.4 Å². The molecule has 0 heterocycles. The van der Waals surface area contributed by atoms with E-state index in [1.165, 1.54) is 0 Å². The van der Waals surface area contributed by atoms with Gasteiger partial charge in [0.25, 0.3) is 11.8 Å². The highest BCUT2D eigenvalue weighted by atomic mass is 16.5. The van der Waals surface area contributed by atoms with Crippen molar-refractivity contribution >= 4 is 23.5 Å². The molecule has 0 aliphatic carbocycles. The van der Waals surface area contributed by atoms with Gasteiger partial charge in [0.15, 0.2) is 6.61 Å². The fourth-order valence-corrected chi connectivity index (χ4v) is 2.85. The van der Waals surface area contributed by atoms with E-state index < -0.39 is 5.97 Å². The molecule has 0 unspecified atom stereocenters. The number of para-hydroxylation sites is 1. The third-order valence-electron chi connectivity index (χ3n) is 4.41. The fourth-order valence-electron chi connectivity index (χ4n) is 2.85. The van der Waals surface area contributed by atoms with Gasteiger partial charge in [0, 0.05) is 11.6 Å². The Morgan fingerprint density at radius 3 is 2.38 bits per heavy atom. The Bertz CT molecular complexity index is 821. The zero-order chi connectivity index (χ0) is 21.1. The molecule has 6 heteroatoms. The van der Waals surface area contributed by atoms with Crippen LogP contribution in [0.5, 0.6) is 0 Å². The lowest BCUT2D eigenvalue weighted by atomic mass is 10.1. The van der Waals surface area contributed by atoms with Crippen molar-refractivity contribution in [3.05, 3.63) is 65.7 Å². The third-order valence-corrected chi connectivity index (χ3v) is 4.41. The maximum absolute atomic E-state index is 12.4. The molecule has 2 N–H and O–H groups in total. The Balaban J connectivity index is 1.91. The van der Waals surface area contributed by atoms with Crippen LogP contribution in [0.15, 0.2) is 54.6 Å². The molecule has 29 heavy (non-hydrogen) atoms. The van der Waals surface area contributed by atoms with E-state index in [0.29, 0.717) is 11.3 Å². The van der Waals surface area contributed by atoms with Gasteiger partial charge in [-0.3, -0.25) is 9.59 Å². The monoisotopic (exact) mass is 396 g/mol. The van der Waals surface area contributed by atoms with Crippen LogP contribution in [0.1, 0.15) is 60.2 Å². The first-order valence-electron chi connectivity index (χ1n) is 9.93. The molecule has 0 aromatic heterocycles. The van der Waals surface area contributed by atoms with Crippen molar-refractivity contribution in [2.24, 2.45) is 0 Å². The molecule has 2 rings (SSSR count). The number of esters is 1. The second-order valence-corrected chi connectivity index (χ2v) is 6.91. The van der Waals surface area contributed by atoms with Crippen LogP contribution in [0.4, 0.5) is 5.69 Å². The lowest BCUT2D eigenvalue weighted by Crippen LogP contribution is -2.35. The normalized spacial score (nSPS) is 11.4. The van der Waals surface area contributed by atoms with Crippen LogP contribution in [0.3, 0.4) is 0 Å². The number of unbranched alkanes of at least 4 members (excludes halogenated alkanes) is 2. The second kappa shape index (κ2) is 11.6. The molecule has 0 spiro atoms. The summed E-state index contributed by atoms with van der Waals surface area (Å²) in [6.07, 6.45) is 4.19. The highest BCUT2D eigenvalue weighted by molar-refractivity contribution is 6.08. The Hall–Kier alpha value is -3.15. The molecule has 2 aromatic carbocycles. The van der Waals surface area contributed by atoms with Gasteiger partial charge in [-0.25, -0.2) is 4.79 Å². The van der Waals surface area contributed by atoms with Gasteiger partial charge in [-0.2, -0.15) is 0 Å². The molecule has 154 valence electrons. The molecule has 2 aromatic rings. The fraction of sp³-hybridized carbons (Fsp3) is 0.348. The number of ether oxygens (including phenoxy) is 1. The lowest BCUT2D eigenvalue weighted by Gasteiger charge is -2.14. The average molecular weight is 396 g/mol. The summed E-state index contributed by atoms with van der Waals surface area (Å²) in [5.41, 5.74) is 1.01. The number of anilines is 1. The maximum Gasteiger partial charge on any atom is 0.340 e. The van der Waals surface area contributed by atoms with Gasteiger partial charge < -0.3 is 15.4 Å². The Labute approximate surface area is 171 Å². The van der Waals surface area contributed by atoms with Crippen molar-refractivity contribution in [1.29, 1.82) is 0 Å². The summed E-state index contributed by atoms with van der Waals surface area (Å²) in [6.45, 7) is 3.70. The summed E-state index contributed by atoms with van der Waals surface area (Å²) >= 11 is 0. The van der Waals surface area contributed by atoms with Gasteiger partial charge in [-0.15, -0.1) is 0 Å². The second-order valence-electron chi connectivity index (χ2n) is 6.91. The SMILES string of the molecule is CCCCC[C@H](C)NC(=O)COC(=O)c1ccccc1NC(=O)c1ccccc1. The van der Waals surface area contributed by atoms with Gasteiger partial charge in [0.2, 0.25) is 0 Å². The number of nitrogens with one attached hydrogen (secondary N) is 2. The van der Waals surface area contributed by atoms with Gasteiger partial charge in [0.05, 0.1) is 11.3 Å². The molecular formula is C23H28N2O4. The number of hydrogen-bond donors (Lipinski definition) is 2. The van der Waals surface area contributed by atoms with Gasteiger partial charge in [-0.05, 0) is 37.6 Å². The Morgan fingerprint density at radius 2 is 1.66 bits per heavy atom. The van der Waals surface area contributed by atoms with Crippen molar-refractivity contribution in [2.75, 3.05) is 11.9 Å². The zero-order valence-corrected chi connectivity index (χ0v) is 16.9. The molecule has 0 aliphatic rings. The van der Waals surface area contributed by atoms with Crippen molar-refractivity contribution in [1.82, 2.24) is 5.32 Å². The van der Waals surface area contributed by atoms with Gasteiger partial charge >= 0.3 is 5.97 Å². The molecule has 0 saturated heterocycles. The standard InChI is InChI=1S/C23H28N2O4/c1-3-4-6-11-17(2)24-21(26)16-29-23(28)19-14-9-10-15-20(19)25-22(27)18-12-7-5-8-13-18/h5,7-10,12-15,17H,3-4,6,11,16H2,1-2H3,(H,24,26)(H,25,27)/t17-/m0/s1. The van der Waals surface area contributed by atoms with Crippen LogP contribution < -0.4 is 10.6 Å². The minimum Gasteiger partial charge on any atom is -0.452 e. The Kier molecular flexibility index (Phi) is 8.89. The van der Waals surface area contributed by atoms with E-state index >= 15 is 0 Å². The van der Waals surface area contributed by atoms with E-state index in [-0.39, 0.29) is 30.0 Å². The summed E-state index contributed by atoms with van der Waals surface area (Å²) < 4.78 is 5.14. The smallest absolute Gasteiger partial charge is 0.340 e. The van der Waals surface area contributed by atoms with Gasteiger partial charge in [-0.1, -0.05) is 56.5 Å². The number of carbonyl (C=O) groups excluding carboxylic acids is 3. The van der Waals surface area contributed by atoms with Crippen LogP contribution in [0, 0.1) is 0 Å². The van der Waals surface area contributed by atoms with E-state index in [0.717, 1.165) is 25.7 Å². The first kappa shape index (κ1) is 22.1. The Morgan fingerprint density at radius 1 is 0.966 bits per heavy atom. The minimum atomic E-state index is -0.664. The molecule has 0 bridgehead atoms. The summed E-state index contributed by atoms with van der Waals surface area (Å²) in [4.78, 5) is 36.8. The number of amides is 2. The number of benzene rings is 2. The van der Waals surface area contributed by atoms with Crippen molar-refractivity contribution in [3.63, 3.8) is 0 Å². The molecule has 1 atom stereocenters. The molecule has 0 aliphatic heterocycles. The average Bonchev–Trinajstić information content (AvgIpc) is 2.73. The van der Waals surface area contributed by atoms with Crippen LogP contribution in [0.2, 0.25) is 0 Å². The molecule has 0 radical (unpaired) electrons. The highest BCUT2D eigenvalue weighted by Gasteiger charge is 2.17.